The number of nitriles is 1. The van der Waals surface area contributed by atoms with Crippen molar-refractivity contribution in [1.29, 1.82) is 5.26 Å². The maximum absolute atomic E-state index is 8.93. The van der Waals surface area contributed by atoms with Gasteiger partial charge >= 0.3 is 7.12 Å². The molecular weight excluding hydrogens is 229 g/mol. The Morgan fingerprint density at radius 2 is 2.00 bits per heavy atom. The highest BCUT2D eigenvalue weighted by molar-refractivity contribution is 6.62. The molecule has 2 rings (SSSR count). The van der Waals surface area contributed by atoms with Crippen LogP contribution in [0.4, 0.5) is 0 Å². The molecule has 0 spiro atoms. The topological polar surface area (TPSA) is 51.5 Å². The van der Waals surface area contributed by atoms with Gasteiger partial charge in [-0.15, -0.1) is 0 Å². The van der Waals surface area contributed by atoms with E-state index < -0.39 is 7.12 Å². The molecule has 0 radical (unpaired) electrons. The fourth-order valence-electron chi connectivity index (χ4n) is 1.86. The molecule has 18 heavy (non-hydrogen) atoms. The average Bonchev–Trinajstić information content (AvgIpc) is 2.38. The molecule has 0 aromatic heterocycles. The molecule has 1 aromatic carbocycles. The second kappa shape index (κ2) is 5.01. The van der Waals surface area contributed by atoms with Gasteiger partial charge in [0.05, 0.1) is 18.7 Å². The molecular formula is C13H16BNO3. The summed E-state index contributed by atoms with van der Waals surface area (Å²) in [6.45, 7) is 5.42. The van der Waals surface area contributed by atoms with Crippen molar-refractivity contribution in [2.45, 2.75) is 13.8 Å². The minimum Gasteiger partial charge on any atom is -0.497 e. The maximum atomic E-state index is 8.93. The summed E-state index contributed by atoms with van der Waals surface area (Å²) in [6.07, 6.45) is 0. The molecule has 0 aliphatic carbocycles. The van der Waals surface area contributed by atoms with Gasteiger partial charge < -0.3 is 14.0 Å². The van der Waals surface area contributed by atoms with Crippen molar-refractivity contribution in [2.24, 2.45) is 5.41 Å². The quantitative estimate of drug-likeness (QED) is 0.737. The molecule has 1 aliphatic rings. The molecule has 0 amide bonds. The summed E-state index contributed by atoms with van der Waals surface area (Å²) in [4.78, 5) is 0. The normalized spacial score (nSPS) is 18.2. The van der Waals surface area contributed by atoms with E-state index in [2.05, 4.69) is 19.9 Å². The van der Waals surface area contributed by atoms with Crippen LogP contribution in [0.15, 0.2) is 18.2 Å². The summed E-state index contributed by atoms with van der Waals surface area (Å²) in [6, 6.07) is 7.34. The summed E-state index contributed by atoms with van der Waals surface area (Å²) < 4.78 is 16.7. The molecule has 4 nitrogen and oxygen atoms in total. The van der Waals surface area contributed by atoms with E-state index in [0.717, 1.165) is 5.46 Å². The minimum atomic E-state index is -0.457. The molecule has 0 atom stereocenters. The second-order valence-electron chi connectivity index (χ2n) is 5.19. The Balaban J connectivity index is 2.25. The van der Waals surface area contributed by atoms with Crippen molar-refractivity contribution in [3.05, 3.63) is 23.8 Å². The third-order valence-electron chi connectivity index (χ3n) is 2.86. The monoisotopic (exact) mass is 245 g/mol. The zero-order valence-corrected chi connectivity index (χ0v) is 10.9. The summed E-state index contributed by atoms with van der Waals surface area (Å²) in [7, 11) is 1.14. The number of nitrogens with zero attached hydrogens (tertiary/aromatic N) is 1. The first-order valence-electron chi connectivity index (χ1n) is 5.87. The second-order valence-corrected chi connectivity index (χ2v) is 5.19. The van der Waals surface area contributed by atoms with Crippen molar-refractivity contribution >= 4 is 12.6 Å². The van der Waals surface area contributed by atoms with Gasteiger partial charge in [0.1, 0.15) is 5.75 Å². The molecule has 1 saturated heterocycles. The highest BCUT2D eigenvalue weighted by atomic mass is 16.6. The predicted octanol–water partition coefficient (Wildman–Crippen LogP) is 1.34. The lowest BCUT2D eigenvalue weighted by atomic mass is 9.74. The van der Waals surface area contributed by atoms with E-state index in [0.29, 0.717) is 24.5 Å². The Labute approximate surface area is 108 Å². The first-order valence-corrected chi connectivity index (χ1v) is 5.87. The zero-order valence-electron chi connectivity index (χ0n) is 10.9. The van der Waals surface area contributed by atoms with Crippen molar-refractivity contribution in [2.75, 3.05) is 20.3 Å². The molecule has 1 aliphatic heterocycles. The van der Waals surface area contributed by atoms with Gasteiger partial charge in [0.25, 0.3) is 0 Å². The fraction of sp³-hybridized carbons (Fsp3) is 0.462. The Morgan fingerprint density at radius 1 is 1.33 bits per heavy atom. The van der Waals surface area contributed by atoms with Crippen LogP contribution in [-0.4, -0.2) is 27.4 Å². The lowest BCUT2D eigenvalue weighted by Crippen LogP contribution is -2.47. The molecule has 1 heterocycles. The number of hydrogen-bond acceptors (Lipinski definition) is 4. The average molecular weight is 245 g/mol. The van der Waals surface area contributed by atoms with Crippen LogP contribution in [0.3, 0.4) is 0 Å². The Hall–Kier alpha value is -1.51. The van der Waals surface area contributed by atoms with Gasteiger partial charge in [-0.25, -0.2) is 0 Å². The van der Waals surface area contributed by atoms with Crippen LogP contribution in [0.25, 0.3) is 0 Å². The minimum absolute atomic E-state index is 0.0244. The standard InChI is InChI=1S/C13H16BNO3/c1-13(2)8-17-14(18-9-13)11-6-10(7-15)4-5-12(11)16-3/h4-6H,8-9H2,1-3H3. The number of methoxy groups -OCH3 is 1. The van der Waals surface area contributed by atoms with Crippen LogP contribution in [0.1, 0.15) is 19.4 Å². The molecule has 94 valence electrons. The van der Waals surface area contributed by atoms with Crippen molar-refractivity contribution < 1.29 is 14.0 Å². The third-order valence-corrected chi connectivity index (χ3v) is 2.86. The van der Waals surface area contributed by atoms with E-state index in [1.165, 1.54) is 0 Å². The Kier molecular flexibility index (Phi) is 3.60. The van der Waals surface area contributed by atoms with E-state index in [1.54, 1.807) is 25.3 Å². The number of benzene rings is 1. The lowest BCUT2D eigenvalue weighted by Gasteiger charge is -2.33. The van der Waals surface area contributed by atoms with E-state index in [-0.39, 0.29) is 5.41 Å². The molecule has 0 N–H and O–H groups in total. The molecule has 0 saturated carbocycles. The first kappa shape index (κ1) is 12.9. The lowest BCUT2D eigenvalue weighted by molar-refractivity contribution is 0.0341. The van der Waals surface area contributed by atoms with E-state index in [1.807, 2.05) is 0 Å². The van der Waals surface area contributed by atoms with Gasteiger partial charge in [0, 0.05) is 24.1 Å². The van der Waals surface area contributed by atoms with Crippen molar-refractivity contribution in [1.82, 2.24) is 0 Å². The Bertz CT molecular complexity index is 472. The van der Waals surface area contributed by atoms with Crippen LogP contribution in [0.2, 0.25) is 0 Å². The zero-order chi connectivity index (χ0) is 13.2. The van der Waals surface area contributed by atoms with Crippen LogP contribution < -0.4 is 10.2 Å². The summed E-state index contributed by atoms with van der Waals surface area (Å²) >= 11 is 0. The first-order chi connectivity index (χ1) is 8.55. The number of rotatable bonds is 2. The SMILES string of the molecule is COc1ccc(C#N)cc1B1OCC(C)(C)CO1. The summed E-state index contributed by atoms with van der Waals surface area (Å²) in [5.74, 6) is 0.679. The molecule has 0 bridgehead atoms. The Morgan fingerprint density at radius 3 is 2.56 bits per heavy atom. The summed E-state index contributed by atoms with van der Waals surface area (Å²) in [5, 5.41) is 8.93. The molecule has 5 heteroatoms. The molecule has 1 aromatic rings. The van der Waals surface area contributed by atoms with Gasteiger partial charge in [0.15, 0.2) is 0 Å². The van der Waals surface area contributed by atoms with Crippen molar-refractivity contribution in [3.8, 4) is 11.8 Å². The highest BCUT2D eigenvalue weighted by Crippen LogP contribution is 2.23. The van der Waals surface area contributed by atoms with Gasteiger partial charge in [-0.3, -0.25) is 0 Å². The van der Waals surface area contributed by atoms with Gasteiger partial charge in [-0.05, 0) is 18.2 Å². The maximum Gasteiger partial charge on any atom is 0.497 e. The van der Waals surface area contributed by atoms with Crippen LogP contribution >= 0.6 is 0 Å². The number of hydrogen-bond donors (Lipinski definition) is 0. The predicted molar refractivity (Wildman–Crippen MR) is 68.8 cm³/mol. The number of ether oxygens (including phenoxy) is 1. The van der Waals surface area contributed by atoms with Gasteiger partial charge in [-0.2, -0.15) is 5.26 Å². The summed E-state index contributed by atoms with van der Waals surface area (Å²) in [5.41, 5.74) is 1.37. The molecule has 0 unspecified atom stereocenters. The smallest absolute Gasteiger partial charge is 0.497 e. The largest absolute Gasteiger partial charge is 0.497 e. The highest BCUT2D eigenvalue weighted by Gasteiger charge is 2.35. The van der Waals surface area contributed by atoms with E-state index in [9.17, 15) is 0 Å². The molecule has 1 fully saturated rings. The van der Waals surface area contributed by atoms with Crippen LogP contribution in [0.5, 0.6) is 5.75 Å². The van der Waals surface area contributed by atoms with Gasteiger partial charge in [-0.1, -0.05) is 13.8 Å². The van der Waals surface area contributed by atoms with E-state index >= 15 is 0 Å². The fourth-order valence-corrected chi connectivity index (χ4v) is 1.86. The van der Waals surface area contributed by atoms with Crippen LogP contribution in [-0.2, 0) is 9.31 Å². The third kappa shape index (κ3) is 2.66. The van der Waals surface area contributed by atoms with Crippen LogP contribution in [0, 0.1) is 16.7 Å². The van der Waals surface area contributed by atoms with Crippen molar-refractivity contribution in [3.63, 3.8) is 0 Å². The van der Waals surface area contributed by atoms with Gasteiger partial charge in [0.2, 0.25) is 0 Å². The van der Waals surface area contributed by atoms with E-state index in [4.69, 9.17) is 19.3 Å².